The minimum atomic E-state index is 0.0328. The lowest BCUT2D eigenvalue weighted by Crippen LogP contribution is -2.56. The van der Waals surface area contributed by atoms with Crippen molar-refractivity contribution in [1.82, 2.24) is 14.7 Å². The summed E-state index contributed by atoms with van der Waals surface area (Å²) in [6, 6.07) is 0.226. The Kier molecular flexibility index (Phi) is 4.11. The molecule has 0 bridgehead atoms. The summed E-state index contributed by atoms with van der Waals surface area (Å²) in [6.45, 7) is 10.9. The maximum Gasteiger partial charge on any atom is 0.320 e. The van der Waals surface area contributed by atoms with Crippen molar-refractivity contribution in [3.63, 3.8) is 0 Å². The molecule has 2 heterocycles. The number of nitrogens with zero attached hydrogens (tertiary/aromatic N) is 3. The number of rotatable bonds is 1. The smallest absolute Gasteiger partial charge is 0.320 e. The first kappa shape index (κ1) is 14.0. The molecule has 0 aromatic carbocycles. The van der Waals surface area contributed by atoms with Crippen molar-refractivity contribution in [2.24, 2.45) is 0 Å². The largest absolute Gasteiger partial charge is 0.322 e. The number of carbonyl (C=O) groups excluding carboxylic acids is 1. The summed E-state index contributed by atoms with van der Waals surface area (Å²) in [4.78, 5) is 18.9. The van der Waals surface area contributed by atoms with Gasteiger partial charge in [0.1, 0.15) is 0 Å². The van der Waals surface area contributed by atoms with Crippen LogP contribution >= 0.6 is 12.6 Å². The van der Waals surface area contributed by atoms with Crippen molar-refractivity contribution in [1.29, 1.82) is 0 Å². The molecule has 5 heteroatoms. The van der Waals surface area contributed by atoms with Crippen molar-refractivity contribution in [2.45, 2.75) is 44.5 Å². The predicted octanol–water partition coefficient (Wildman–Crippen LogP) is 1.87. The van der Waals surface area contributed by atoms with E-state index in [9.17, 15) is 4.79 Å². The number of likely N-dealkylation sites (tertiary alicyclic amines) is 1. The number of urea groups is 1. The Morgan fingerprint density at radius 3 is 2.22 bits per heavy atom. The molecule has 0 spiro atoms. The average molecular weight is 271 g/mol. The first-order chi connectivity index (χ1) is 8.42. The van der Waals surface area contributed by atoms with Gasteiger partial charge in [0, 0.05) is 38.3 Å². The van der Waals surface area contributed by atoms with Crippen molar-refractivity contribution in [3.8, 4) is 0 Å². The van der Waals surface area contributed by atoms with Gasteiger partial charge in [0.25, 0.3) is 0 Å². The van der Waals surface area contributed by atoms with E-state index in [-0.39, 0.29) is 16.9 Å². The fraction of sp³-hybridized carbons (Fsp3) is 0.923. The van der Waals surface area contributed by atoms with Crippen LogP contribution in [0, 0.1) is 0 Å². The Balaban J connectivity index is 1.92. The molecule has 2 rings (SSSR count). The number of carbonyl (C=O) groups is 1. The lowest BCUT2D eigenvalue weighted by Gasteiger charge is -2.41. The zero-order chi connectivity index (χ0) is 13.3. The van der Waals surface area contributed by atoms with Gasteiger partial charge in [-0.1, -0.05) is 0 Å². The van der Waals surface area contributed by atoms with Gasteiger partial charge in [-0.3, -0.25) is 4.90 Å². The molecule has 1 atom stereocenters. The van der Waals surface area contributed by atoms with E-state index in [1.165, 1.54) is 0 Å². The number of hydrogen-bond donors (Lipinski definition) is 1. The molecule has 2 fully saturated rings. The van der Waals surface area contributed by atoms with E-state index >= 15 is 0 Å². The molecule has 2 aliphatic heterocycles. The van der Waals surface area contributed by atoms with E-state index in [1.54, 1.807) is 0 Å². The van der Waals surface area contributed by atoms with Gasteiger partial charge in [0.05, 0.1) is 5.37 Å². The molecule has 4 nitrogen and oxygen atoms in total. The maximum atomic E-state index is 12.5. The van der Waals surface area contributed by atoms with Crippen LogP contribution in [0.2, 0.25) is 0 Å². The molecule has 0 saturated carbocycles. The minimum absolute atomic E-state index is 0.0328. The molecular weight excluding hydrogens is 246 g/mol. The summed E-state index contributed by atoms with van der Waals surface area (Å²) in [5.41, 5.74) is 0.0328. The molecule has 2 aliphatic rings. The van der Waals surface area contributed by atoms with Crippen LogP contribution in [0.15, 0.2) is 0 Å². The van der Waals surface area contributed by atoms with E-state index in [1.807, 2.05) is 9.80 Å². The molecule has 104 valence electrons. The second-order valence-electron chi connectivity index (χ2n) is 6.01. The van der Waals surface area contributed by atoms with Gasteiger partial charge in [-0.15, -0.1) is 0 Å². The highest BCUT2D eigenvalue weighted by Crippen LogP contribution is 2.29. The first-order valence-corrected chi connectivity index (χ1v) is 7.42. The van der Waals surface area contributed by atoms with Gasteiger partial charge in [-0.05, 0) is 33.6 Å². The van der Waals surface area contributed by atoms with Gasteiger partial charge in [0.2, 0.25) is 0 Å². The standard InChI is InChI=1S/C13H25N3OS/c1-11(18)14-7-9-15(10-8-14)12(17)16-6-4-5-13(16,2)3/h11,18H,4-10H2,1-3H3. The molecule has 2 amide bonds. The first-order valence-electron chi connectivity index (χ1n) is 6.90. The maximum absolute atomic E-state index is 12.5. The lowest BCUT2D eigenvalue weighted by atomic mass is 10.0. The topological polar surface area (TPSA) is 26.8 Å². The van der Waals surface area contributed by atoms with Crippen molar-refractivity contribution >= 4 is 18.7 Å². The third-order valence-corrected chi connectivity index (χ3v) is 4.57. The number of hydrogen-bond acceptors (Lipinski definition) is 3. The van der Waals surface area contributed by atoms with E-state index in [4.69, 9.17) is 0 Å². The monoisotopic (exact) mass is 271 g/mol. The summed E-state index contributed by atoms with van der Waals surface area (Å²) in [7, 11) is 0. The van der Waals surface area contributed by atoms with Crippen molar-refractivity contribution < 1.29 is 4.79 Å². The molecule has 0 aromatic heterocycles. The van der Waals surface area contributed by atoms with Crippen LogP contribution in [-0.2, 0) is 0 Å². The Labute approximate surface area is 116 Å². The van der Waals surface area contributed by atoms with Crippen molar-refractivity contribution in [3.05, 3.63) is 0 Å². The molecule has 0 aromatic rings. The summed E-state index contributed by atoms with van der Waals surface area (Å²) in [5.74, 6) is 0. The highest BCUT2D eigenvalue weighted by atomic mass is 32.1. The van der Waals surface area contributed by atoms with Crippen LogP contribution in [0.3, 0.4) is 0 Å². The second-order valence-corrected chi connectivity index (χ2v) is 6.75. The molecule has 0 radical (unpaired) electrons. The van der Waals surface area contributed by atoms with Crippen LogP contribution in [0.5, 0.6) is 0 Å². The minimum Gasteiger partial charge on any atom is -0.322 e. The van der Waals surface area contributed by atoms with Gasteiger partial charge < -0.3 is 9.80 Å². The Morgan fingerprint density at radius 2 is 1.78 bits per heavy atom. The van der Waals surface area contributed by atoms with Crippen LogP contribution in [0.4, 0.5) is 4.79 Å². The fourth-order valence-corrected chi connectivity index (χ4v) is 3.15. The van der Waals surface area contributed by atoms with Gasteiger partial charge in [0.15, 0.2) is 0 Å². The molecule has 18 heavy (non-hydrogen) atoms. The lowest BCUT2D eigenvalue weighted by molar-refractivity contribution is 0.0942. The van der Waals surface area contributed by atoms with Crippen LogP contribution < -0.4 is 0 Å². The molecule has 2 saturated heterocycles. The van der Waals surface area contributed by atoms with E-state index in [0.29, 0.717) is 0 Å². The highest BCUT2D eigenvalue weighted by Gasteiger charge is 2.38. The molecule has 0 N–H and O–H groups in total. The number of amides is 2. The fourth-order valence-electron chi connectivity index (χ4n) is 2.92. The third kappa shape index (κ3) is 2.77. The van der Waals surface area contributed by atoms with Crippen molar-refractivity contribution in [2.75, 3.05) is 32.7 Å². The molecule has 0 aliphatic carbocycles. The highest BCUT2D eigenvalue weighted by molar-refractivity contribution is 7.80. The normalized spacial score (nSPS) is 26.4. The predicted molar refractivity (Wildman–Crippen MR) is 77.0 cm³/mol. The van der Waals surface area contributed by atoms with Gasteiger partial charge in [-0.2, -0.15) is 12.6 Å². The van der Waals surface area contributed by atoms with Gasteiger partial charge in [-0.25, -0.2) is 4.79 Å². The quantitative estimate of drug-likeness (QED) is 0.737. The molecule has 1 unspecified atom stereocenters. The zero-order valence-corrected chi connectivity index (χ0v) is 12.6. The summed E-state index contributed by atoms with van der Waals surface area (Å²) in [6.07, 6.45) is 2.25. The molecular formula is C13H25N3OS. The van der Waals surface area contributed by atoms with E-state index < -0.39 is 0 Å². The Morgan fingerprint density at radius 1 is 1.17 bits per heavy atom. The second kappa shape index (κ2) is 5.29. The SMILES string of the molecule is CC(S)N1CCN(C(=O)N2CCCC2(C)C)CC1. The van der Waals surface area contributed by atoms with Crippen LogP contribution in [0.25, 0.3) is 0 Å². The van der Waals surface area contributed by atoms with Crippen LogP contribution in [-0.4, -0.2) is 64.4 Å². The van der Waals surface area contributed by atoms with E-state index in [2.05, 4.69) is 38.3 Å². The summed E-state index contributed by atoms with van der Waals surface area (Å²) < 4.78 is 0. The number of piperazine rings is 1. The summed E-state index contributed by atoms with van der Waals surface area (Å²) >= 11 is 4.45. The summed E-state index contributed by atoms with van der Waals surface area (Å²) in [5, 5.41) is 0.283. The Hall–Kier alpha value is -0.420. The van der Waals surface area contributed by atoms with Crippen LogP contribution in [0.1, 0.15) is 33.6 Å². The van der Waals surface area contributed by atoms with E-state index in [0.717, 1.165) is 45.6 Å². The average Bonchev–Trinajstić information content (AvgIpc) is 2.68. The third-order valence-electron chi connectivity index (χ3n) is 4.25. The van der Waals surface area contributed by atoms with Gasteiger partial charge >= 0.3 is 6.03 Å². The number of thiol groups is 1. The zero-order valence-electron chi connectivity index (χ0n) is 11.7. The Bertz CT molecular complexity index is 311.